The zero-order valence-corrected chi connectivity index (χ0v) is 15.1. The summed E-state index contributed by atoms with van der Waals surface area (Å²) in [5.41, 5.74) is 10.3. The number of carboxylic acids is 1. The Morgan fingerprint density at radius 3 is 2.38 bits per heavy atom. The molecule has 1 aromatic rings. The molecule has 1 rings (SSSR count). The SMILES string of the molecule is Cc1c(N)nc(CNC[C@H](NC(=O)OC(C)(C)C)C(N)=O)nc1C(=O)O. The second-order valence-electron chi connectivity index (χ2n) is 6.54. The van der Waals surface area contributed by atoms with Crippen molar-refractivity contribution in [2.75, 3.05) is 12.3 Å². The van der Waals surface area contributed by atoms with E-state index >= 15 is 0 Å². The molecule has 11 nitrogen and oxygen atoms in total. The number of nitrogens with two attached hydrogens (primary N) is 2. The lowest BCUT2D eigenvalue weighted by Gasteiger charge is -2.22. The van der Waals surface area contributed by atoms with Crippen molar-refractivity contribution in [1.29, 1.82) is 0 Å². The normalized spacial score (nSPS) is 12.3. The van der Waals surface area contributed by atoms with E-state index in [9.17, 15) is 14.4 Å². The summed E-state index contributed by atoms with van der Waals surface area (Å²) in [5, 5.41) is 14.3. The molecule has 1 atom stereocenters. The molecule has 0 aliphatic heterocycles. The number of amides is 2. The Balaban J connectivity index is 2.70. The number of hydrogen-bond acceptors (Lipinski definition) is 8. The van der Waals surface area contributed by atoms with E-state index in [1.54, 1.807) is 20.8 Å². The maximum atomic E-state index is 11.7. The first kappa shape index (κ1) is 21.1. The largest absolute Gasteiger partial charge is 0.476 e. The van der Waals surface area contributed by atoms with Crippen LogP contribution in [0.5, 0.6) is 0 Å². The Morgan fingerprint density at radius 2 is 1.88 bits per heavy atom. The summed E-state index contributed by atoms with van der Waals surface area (Å²) in [6.45, 7) is 6.54. The topological polar surface area (TPSA) is 183 Å². The number of aromatic nitrogens is 2. The molecule has 0 aliphatic carbocycles. The maximum Gasteiger partial charge on any atom is 0.408 e. The van der Waals surface area contributed by atoms with Crippen LogP contribution in [0.2, 0.25) is 0 Å². The van der Waals surface area contributed by atoms with E-state index in [4.69, 9.17) is 21.3 Å². The zero-order valence-electron chi connectivity index (χ0n) is 15.1. The molecule has 0 radical (unpaired) electrons. The standard InChI is InChI=1S/C15H24N6O5/c1-7-10(13(23)24)20-9(21-11(7)16)6-18-5-8(12(17)22)19-14(25)26-15(2,3)4/h8,18H,5-6H2,1-4H3,(H2,17,22)(H,19,25)(H,23,24)(H2,16,20,21)/t8-/m0/s1. The molecule has 0 unspecified atom stereocenters. The van der Waals surface area contributed by atoms with Crippen LogP contribution in [0, 0.1) is 6.92 Å². The van der Waals surface area contributed by atoms with Crippen LogP contribution in [0.15, 0.2) is 0 Å². The van der Waals surface area contributed by atoms with E-state index < -0.39 is 29.6 Å². The second-order valence-corrected chi connectivity index (χ2v) is 6.54. The van der Waals surface area contributed by atoms with Gasteiger partial charge in [-0.25, -0.2) is 19.6 Å². The third-order valence-corrected chi connectivity index (χ3v) is 3.10. The number of carboxylic acid groups (broad SMARTS) is 1. The van der Waals surface area contributed by atoms with Crippen molar-refractivity contribution in [3.05, 3.63) is 17.1 Å². The van der Waals surface area contributed by atoms with Crippen LogP contribution in [0.4, 0.5) is 10.6 Å². The molecule has 26 heavy (non-hydrogen) atoms. The molecule has 144 valence electrons. The van der Waals surface area contributed by atoms with Gasteiger partial charge in [0.2, 0.25) is 5.91 Å². The Bertz CT molecular complexity index is 701. The molecule has 11 heteroatoms. The van der Waals surface area contributed by atoms with Gasteiger partial charge in [0.05, 0.1) is 6.54 Å². The van der Waals surface area contributed by atoms with Crippen LogP contribution >= 0.6 is 0 Å². The number of hydrogen-bond donors (Lipinski definition) is 5. The van der Waals surface area contributed by atoms with Crippen LogP contribution in [-0.2, 0) is 16.1 Å². The number of anilines is 1. The zero-order chi connectivity index (χ0) is 20.1. The van der Waals surface area contributed by atoms with Gasteiger partial charge >= 0.3 is 12.1 Å². The van der Waals surface area contributed by atoms with Gasteiger partial charge in [0.15, 0.2) is 5.69 Å². The molecule has 2 amide bonds. The number of aromatic carboxylic acids is 1. The van der Waals surface area contributed by atoms with Gasteiger partial charge in [0.25, 0.3) is 0 Å². The van der Waals surface area contributed by atoms with Crippen molar-refractivity contribution in [3.8, 4) is 0 Å². The first-order valence-electron chi connectivity index (χ1n) is 7.76. The maximum absolute atomic E-state index is 11.7. The van der Waals surface area contributed by atoms with Crippen LogP contribution in [0.3, 0.4) is 0 Å². The van der Waals surface area contributed by atoms with Crippen LogP contribution in [-0.4, -0.2) is 51.2 Å². The third kappa shape index (κ3) is 6.51. The molecule has 1 aromatic heterocycles. The monoisotopic (exact) mass is 368 g/mol. The van der Waals surface area contributed by atoms with E-state index in [0.717, 1.165) is 0 Å². The average Bonchev–Trinajstić information content (AvgIpc) is 2.47. The number of carbonyl (C=O) groups excluding carboxylic acids is 2. The molecular formula is C15H24N6O5. The molecule has 0 saturated carbocycles. The van der Waals surface area contributed by atoms with Crippen molar-refractivity contribution < 1.29 is 24.2 Å². The first-order chi connectivity index (χ1) is 11.9. The average molecular weight is 368 g/mol. The molecule has 0 saturated heterocycles. The summed E-state index contributed by atoms with van der Waals surface area (Å²) in [4.78, 5) is 42.2. The molecule has 0 aromatic carbocycles. The fraction of sp³-hybridized carbons (Fsp3) is 0.533. The highest BCUT2D eigenvalue weighted by atomic mass is 16.6. The number of rotatable bonds is 7. The van der Waals surface area contributed by atoms with Crippen molar-refractivity contribution in [2.45, 2.75) is 45.9 Å². The third-order valence-electron chi connectivity index (χ3n) is 3.10. The number of carbonyl (C=O) groups is 3. The summed E-state index contributed by atoms with van der Waals surface area (Å²) < 4.78 is 5.06. The number of nitrogens with zero attached hydrogens (tertiary/aromatic N) is 2. The van der Waals surface area contributed by atoms with Gasteiger partial charge in [-0.2, -0.15) is 0 Å². The quantitative estimate of drug-likeness (QED) is 0.425. The first-order valence-corrected chi connectivity index (χ1v) is 7.76. The van der Waals surface area contributed by atoms with Gasteiger partial charge in [-0.15, -0.1) is 0 Å². The molecule has 7 N–H and O–H groups in total. The molecular weight excluding hydrogens is 344 g/mol. The van der Waals surface area contributed by atoms with Crippen LogP contribution in [0.1, 0.15) is 42.6 Å². The van der Waals surface area contributed by atoms with Gasteiger partial charge in [0, 0.05) is 12.1 Å². The molecule has 1 heterocycles. The van der Waals surface area contributed by atoms with Gasteiger partial charge in [-0.05, 0) is 27.7 Å². The minimum absolute atomic E-state index is 0.0184. The van der Waals surface area contributed by atoms with E-state index in [1.807, 2.05) is 0 Å². The highest BCUT2D eigenvalue weighted by Gasteiger charge is 2.22. The molecule has 0 bridgehead atoms. The Morgan fingerprint density at radius 1 is 1.27 bits per heavy atom. The molecule has 0 fully saturated rings. The number of ether oxygens (including phenoxy) is 1. The molecule has 0 spiro atoms. The lowest BCUT2D eigenvalue weighted by Crippen LogP contribution is -2.51. The highest BCUT2D eigenvalue weighted by molar-refractivity contribution is 5.88. The van der Waals surface area contributed by atoms with Crippen molar-refractivity contribution in [1.82, 2.24) is 20.6 Å². The predicted molar refractivity (Wildman–Crippen MR) is 92.2 cm³/mol. The van der Waals surface area contributed by atoms with Crippen molar-refractivity contribution >= 4 is 23.8 Å². The van der Waals surface area contributed by atoms with E-state index in [-0.39, 0.29) is 36.0 Å². The minimum atomic E-state index is -1.22. The Kier molecular flexibility index (Phi) is 6.84. The lowest BCUT2D eigenvalue weighted by molar-refractivity contribution is -0.120. The second kappa shape index (κ2) is 8.43. The molecule has 0 aliphatic rings. The Labute approximate surface area is 150 Å². The summed E-state index contributed by atoms with van der Waals surface area (Å²) >= 11 is 0. The van der Waals surface area contributed by atoms with E-state index in [1.165, 1.54) is 6.92 Å². The van der Waals surface area contributed by atoms with Gasteiger partial charge in [-0.1, -0.05) is 0 Å². The van der Waals surface area contributed by atoms with Gasteiger partial charge < -0.3 is 31.9 Å². The van der Waals surface area contributed by atoms with Crippen molar-refractivity contribution in [3.63, 3.8) is 0 Å². The number of primary amides is 1. The fourth-order valence-electron chi connectivity index (χ4n) is 1.87. The predicted octanol–water partition coefficient (Wildman–Crippen LogP) is -0.466. The van der Waals surface area contributed by atoms with E-state index in [2.05, 4.69) is 20.6 Å². The lowest BCUT2D eigenvalue weighted by atomic mass is 10.2. The number of nitrogens with one attached hydrogen (secondary N) is 2. The highest BCUT2D eigenvalue weighted by Crippen LogP contribution is 2.12. The fourth-order valence-corrected chi connectivity index (χ4v) is 1.87. The summed E-state index contributed by atoms with van der Waals surface area (Å²) in [5.74, 6) is -1.81. The van der Waals surface area contributed by atoms with Crippen LogP contribution < -0.4 is 22.1 Å². The van der Waals surface area contributed by atoms with Crippen LogP contribution in [0.25, 0.3) is 0 Å². The van der Waals surface area contributed by atoms with Gasteiger partial charge in [0.1, 0.15) is 23.3 Å². The number of nitrogen functional groups attached to an aromatic ring is 1. The number of alkyl carbamates (subject to hydrolysis) is 1. The summed E-state index contributed by atoms with van der Waals surface area (Å²) in [6.07, 6.45) is -0.785. The van der Waals surface area contributed by atoms with E-state index in [0.29, 0.717) is 0 Å². The Hall–Kier alpha value is -2.95. The summed E-state index contributed by atoms with van der Waals surface area (Å²) in [6, 6.07) is -1.04. The van der Waals surface area contributed by atoms with Crippen molar-refractivity contribution in [2.24, 2.45) is 5.73 Å². The smallest absolute Gasteiger partial charge is 0.408 e. The summed E-state index contributed by atoms with van der Waals surface area (Å²) in [7, 11) is 0. The van der Waals surface area contributed by atoms with Gasteiger partial charge in [-0.3, -0.25) is 4.79 Å². The minimum Gasteiger partial charge on any atom is -0.476 e.